The standard InChI is InChI=1S/C11H9F3N4/c1-5-10(15)16-4-17-11(5)18-7-3-2-6(12)8(13)9(7)14/h2-4H,1H3,(H3,15,16,17,18). The van der Waals surface area contributed by atoms with Gasteiger partial charge in [-0.05, 0) is 19.1 Å². The molecule has 4 nitrogen and oxygen atoms in total. The van der Waals surface area contributed by atoms with Crippen LogP contribution < -0.4 is 11.1 Å². The largest absolute Gasteiger partial charge is 0.383 e. The minimum Gasteiger partial charge on any atom is -0.383 e. The molecule has 0 fully saturated rings. The van der Waals surface area contributed by atoms with Gasteiger partial charge in [-0.25, -0.2) is 23.1 Å². The van der Waals surface area contributed by atoms with Gasteiger partial charge in [-0.3, -0.25) is 0 Å². The maximum absolute atomic E-state index is 13.4. The zero-order valence-electron chi connectivity index (χ0n) is 9.34. The zero-order chi connectivity index (χ0) is 13.3. The first-order valence-corrected chi connectivity index (χ1v) is 4.98. The van der Waals surface area contributed by atoms with Gasteiger partial charge in [0.1, 0.15) is 18.0 Å². The number of nitrogen functional groups attached to an aromatic ring is 1. The average molecular weight is 254 g/mol. The van der Waals surface area contributed by atoms with Crippen LogP contribution in [0.5, 0.6) is 0 Å². The van der Waals surface area contributed by atoms with Crippen molar-refractivity contribution in [2.24, 2.45) is 0 Å². The van der Waals surface area contributed by atoms with Gasteiger partial charge < -0.3 is 11.1 Å². The van der Waals surface area contributed by atoms with Crippen molar-refractivity contribution < 1.29 is 13.2 Å². The Kier molecular flexibility index (Phi) is 3.05. The average Bonchev–Trinajstić information content (AvgIpc) is 2.35. The van der Waals surface area contributed by atoms with E-state index in [9.17, 15) is 13.2 Å². The van der Waals surface area contributed by atoms with Crippen LogP contribution in [0.4, 0.5) is 30.5 Å². The lowest BCUT2D eigenvalue weighted by atomic mass is 10.2. The first kappa shape index (κ1) is 12.2. The fourth-order valence-corrected chi connectivity index (χ4v) is 1.34. The van der Waals surface area contributed by atoms with Gasteiger partial charge in [0.25, 0.3) is 0 Å². The van der Waals surface area contributed by atoms with Crippen LogP contribution in [0.25, 0.3) is 0 Å². The predicted molar refractivity (Wildman–Crippen MR) is 60.8 cm³/mol. The maximum atomic E-state index is 13.4. The number of aromatic nitrogens is 2. The first-order chi connectivity index (χ1) is 8.50. The van der Waals surface area contributed by atoms with Crippen LogP contribution in [0.15, 0.2) is 18.5 Å². The highest BCUT2D eigenvalue weighted by Crippen LogP contribution is 2.25. The molecule has 0 aliphatic heterocycles. The molecule has 0 amide bonds. The summed E-state index contributed by atoms with van der Waals surface area (Å²) in [5.74, 6) is -3.66. The van der Waals surface area contributed by atoms with Crippen molar-refractivity contribution in [3.8, 4) is 0 Å². The third-order valence-electron chi connectivity index (χ3n) is 2.41. The van der Waals surface area contributed by atoms with Gasteiger partial charge in [0, 0.05) is 5.56 Å². The monoisotopic (exact) mass is 254 g/mol. The van der Waals surface area contributed by atoms with Crippen molar-refractivity contribution in [1.82, 2.24) is 9.97 Å². The van der Waals surface area contributed by atoms with E-state index in [4.69, 9.17) is 5.73 Å². The second kappa shape index (κ2) is 4.52. The normalized spacial score (nSPS) is 10.4. The number of benzene rings is 1. The van der Waals surface area contributed by atoms with Crippen LogP contribution >= 0.6 is 0 Å². The van der Waals surface area contributed by atoms with Crippen molar-refractivity contribution in [3.63, 3.8) is 0 Å². The molecule has 0 saturated heterocycles. The second-order valence-corrected chi connectivity index (χ2v) is 3.58. The van der Waals surface area contributed by atoms with Gasteiger partial charge in [-0.15, -0.1) is 0 Å². The Morgan fingerprint density at radius 1 is 1.11 bits per heavy atom. The number of hydrogen-bond acceptors (Lipinski definition) is 4. The molecule has 1 aromatic carbocycles. The van der Waals surface area contributed by atoms with E-state index in [-0.39, 0.29) is 17.3 Å². The minimum absolute atomic E-state index is 0.218. The van der Waals surface area contributed by atoms with E-state index in [0.29, 0.717) is 5.56 Å². The number of hydrogen-bond donors (Lipinski definition) is 2. The van der Waals surface area contributed by atoms with Crippen molar-refractivity contribution in [2.75, 3.05) is 11.1 Å². The molecule has 1 heterocycles. The smallest absolute Gasteiger partial charge is 0.196 e. The summed E-state index contributed by atoms with van der Waals surface area (Å²) >= 11 is 0. The molecule has 2 rings (SSSR count). The molecule has 0 atom stereocenters. The molecule has 0 aliphatic carbocycles. The molecule has 0 saturated carbocycles. The molecule has 0 spiro atoms. The Bertz CT molecular complexity index is 601. The van der Waals surface area contributed by atoms with Crippen LogP contribution in [-0.2, 0) is 0 Å². The van der Waals surface area contributed by atoms with Crippen molar-refractivity contribution >= 4 is 17.3 Å². The highest BCUT2D eigenvalue weighted by Gasteiger charge is 2.14. The van der Waals surface area contributed by atoms with Crippen molar-refractivity contribution in [2.45, 2.75) is 6.92 Å². The lowest BCUT2D eigenvalue weighted by molar-refractivity contribution is 0.449. The summed E-state index contributed by atoms with van der Waals surface area (Å²) in [6.45, 7) is 1.62. The topological polar surface area (TPSA) is 63.8 Å². The maximum Gasteiger partial charge on any atom is 0.196 e. The van der Waals surface area contributed by atoms with Crippen molar-refractivity contribution in [3.05, 3.63) is 41.5 Å². The van der Waals surface area contributed by atoms with Gasteiger partial charge in [-0.1, -0.05) is 0 Å². The first-order valence-electron chi connectivity index (χ1n) is 4.98. The molecule has 7 heteroatoms. The van der Waals surface area contributed by atoms with Crippen molar-refractivity contribution in [1.29, 1.82) is 0 Å². The zero-order valence-corrected chi connectivity index (χ0v) is 9.34. The molecular weight excluding hydrogens is 245 g/mol. The van der Waals surface area contributed by atoms with Gasteiger partial charge in [0.05, 0.1) is 5.69 Å². The molecule has 2 aromatic rings. The van der Waals surface area contributed by atoms with Gasteiger partial charge in [0.2, 0.25) is 0 Å². The molecule has 94 valence electrons. The minimum atomic E-state index is -1.54. The predicted octanol–water partition coefficient (Wildman–Crippen LogP) is 2.53. The summed E-state index contributed by atoms with van der Waals surface area (Å²) in [5, 5.41) is 2.54. The Morgan fingerprint density at radius 2 is 1.83 bits per heavy atom. The molecule has 1 aromatic heterocycles. The Labute approximate surface area is 101 Å². The van der Waals surface area contributed by atoms with Crippen LogP contribution in [0, 0.1) is 24.4 Å². The summed E-state index contributed by atoms with van der Waals surface area (Å²) in [7, 11) is 0. The van der Waals surface area contributed by atoms with Gasteiger partial charge in [0.15, 0.2) is 17.5 Å². The number of nitrogens with one attached hydrogen (secondary N) is 1. The van der Waals surface area contributed by atoms with Crippen LogP contribution in [0.1, 0.15) is 5.56 Å². The van der Waals surface area contributed by atoms with Gasteiger partial charge >= 0.3 is 0 Å². The Balaban J connectivity index is 2.41. The van der Waals surface area contributed by atoms with Crippen LogP contribution in [0.2, 0.25) is 0 Å². The number of nitrogens with zero attached hydrogens (tertiary/aromatic N) is 2. The highest BCUT2D eigenvalue weighted by molar-refractivity contribution is 5.63. The number of rotatable bonds is 2. The highest BCUT2D eigenvalue weighted by atomic mass is 19.2. The molecule has 3 N–H and O–H groups in total. The van der Waals surface area contributed by atoms with E-state index < -0.39 is 17.5 Å². The number of nitrogens with two attached hydrogens (primary N) is 1. The summed E-state index contributed by atoms with van der Waals surface area (Å²) in [6.07, 6.45) is 1.18. The van der Waals surface area contributed by atoms with E-state index in [0.717, 1.165) is 12.1 Å². The third-order valence-corrected chi connectivity index (χ3v) is 2.41. The molecule has 0 unspecified atom stereocenters. The fraction of sp³-hybridized carbons (Fsp3) is 0.0909. The molecular formula is C11H9F3N4. The lowest BCUT2D eigenvalue weighted by Gasteiger charge is -2.10. The van der Waals surface area contributed by atoms with E-state index in [1.807, 2.05) is 0 Å². The summed E-state index contributed by atoms with van der Waals surface area (Å²) in [5.41, 5.74) is 5.81. The third kappa shape index (κ3) is 2.06. The molecule has 0 bridgehead atoms. The number of halogens is 3. The van der Waals surface area contributed by atoms with E-state index in [1.165, 1.54) is 6.33 Å². The quantitative estimate of drug-likeness (QED) is 0.808. The number of anilines is 3. The van der Waals surface area contributed by atoms with E-state index >= 15 is 0 Å². The van der Waals surface area contributed by atoms with E-state index in [1.54, 1.807) is 6.92 Å². The Morgan fingerprint density at radius 3 is 2.56 bits per heavy atom. The summed E-state index contributed by atoms with van der Waals surface area (Å²) in [6, 6.07) is 1.89. The summed E-state index contributed by atoms with van der Waals surface area (Å²) < 4.78 is 39.2. The second-order valence-electron chi connectivity index (χ2n) is 3.58. The van der Waals surface area contributed by atoms with Crippen LogP contribution in [0.3, 0.4) is 0 Å². The SMILES string of the molecule is Cc1c(N)ncnc1Nc1ccc(F)c(F)c1F. The Hall–Kier alpha value is -2.31. The molecule has 0 radical (unpaired) electrons. The molecule has 0 aliphatic rings. The van der Waals surface area contributed by atoms with Crippen LogP contribution in [-0.4, -0.2) is 9.97 Å². The summed E-state index contributed by atoms with van der Waals surface area (Å²) in [4.78, 5) is 7.58. The van der Waals surface area contributed by atoms with E-state index in [2.05, 4.69) is 15.3 Å². The molecule has 18 heavy (non-hydrogen) atoms. The van der Waals surface area contributed by atoms with Gasteiger partial charge in [-0.2, -0.15) is 0 Å². The fourth-order valence-electron chi connectivity index (χ4n) is 1.34. The lowest BCUT2D eigenvalue weighted by Crippen LogP contribution is -2.04.